The maximum atomic E-state index is 12.7. The molecule has 2 saturated carbocycles. The molecule has 33 heavy (non-hydrogen) atoms. The Hall–Kier alpha value is -2.16. The van der Waals surface area contributed by atoms with Gasteiger partial charge in [0.05, 0.1) is 0 Å². The van der Waals surface area contributed by atoms with Crippen molar-refractivity contribution in [3.63, 3.8) is 0 Å². The lowest BCUT2D eigenvalue weighted by atomic mass is 9.74. The van der Waals surface area contributed by atoms with Crippen molar-refractivity contribution in [2.45, 2.75) is 97.3 Å². The minimum Gasteiger partial charge on any atom is -0.508 e. The molecule has 1 N–H and O–H groups in total. The third-order valence-corrected chi connectivity index (χ3v) is 7.55. The molecule has 2 fully saturated rings. The molecule has 1 aromatic rings. The first kappa shape index (κ1) is 27.1. The lowest BCUT2D eigenvalue weighted by Crippen LogP contribution is -2.21. The van der Waals surface area contributed by atoms with Gasteiger partial charge < -0.3 is 9.90 Å². The van der Waals surface area contributed by atoms with Crippen molar-refractivity contribution >= 4 is 12.6 Å². The highest BCUT2D eigenvalue weighted by Gasteiger charge is 2.27. The summed E-state index contributed by atoms with van der Waals surface area (Å²) in [6.45, 7) is 8.04. The molecule has 0 atom stereocenters. The van der Waals surface area contributed by atoms with Crippen LogP contribution in [0.4, 0.5) is 0 Å². The van der Waals surface area contributed by atoms with Crippen LogP contribution in [-0.2, 0) is 9.59 Å². The summed E-state index contributed by atoms with van der Waals surface area (Å²) >= 11 is 0. The Labute approximate surface area is 201 Å². The van der Waals surface area contributed by atoms with Crippen LogP contribution in [0.2, 0.25) is 0 Å². The van der Waals surface area contributed by atoms with E-state index in [1.54, 1.807) is 0 Å². The van der Waals surface area contributed by atoms with Gasteiger partial charge in [0.25, 0.3) is 0 Å². The minimum atomic E-state index is 0.382. The molecular weight excluding hydrogens is 408 g/mol. The first-order valence-corrected chi connectivity index (χ1v) is 13.0. The van der Waals surface area contributed by atoms with Crippen molar-refractivity contribution in [1.29, 1.82) is 0 Å². The van der Waals surface area contributed by atoms with Crippen LogP contribution in [0.3, 0.4) is 0 Å². The van der Waals surface area contributed by atoms with Gasteiger partial charge in [-0.3, -0.25) is 4.79 Å². The highest BCUT2D eigenvalue weighted by molar-refractivity contribution is 5.78. The Bertz CT molecular complexity index is 771. The van der Waals surface area contributed by atoms with Crippen LogP contribution >= 0.6 is 0 Å². The molecule has 1 aromatic carbocycles. The Morgan fingerprint density at radius 2 is 1.39 bits per heavy atom. The van der Waals surface area contributed by atoms with E-state index in [0.717, 1.165) is 50.0 Å². The second-order valence-electron chi connectivity index (χ2n) is 9.96. The van der Waals surface area contributed by atoms with Gasteiger partial charge in [0.2, 0.25) is 0 Å². The third-order valence-electron chi connectivity index (χ3n) is 7.55. The standard InChI is InChI=1S/C27H36O2.C2H6.CH2O/c1-19-13-25(18-26(28)14-19)24-11-9-23(10-12-24)17-27(29)16-22-7-5-21(6-8-22)15-20-3-2-4-20;2*1-2/h2-4,13-14,18,21-24,28H,5-12,15-17H2,1H3;1-2H3;1H2. The Morgan fingerprint density at radius 3 is 1.88 bits per heavy atom. The first-order chi connectivity index (χ1) is 16.0. The van der Waals surface area contributed by atoms with Crippen LogP contribution in [-0.4, -0.2) is 17.7 Å². The number of hydrogen-bond donors (Lipinski definition) is 1. The molecule has 0 aliphatic heterocycles. The number of allylic oxidation sites excluding steroid dienone is 4. The second-order valence-corrected chi connectivity index (χ2v) is 9.96. The lowest BCUT2D eigenvalue weighted by molar-refractivity contribution is -0.121. The van der Waals surface area contributed by atoms with E-state index in [4.69, 9.17) is 4.79 Å². The minimum absolute atomic E-state index is 0.382. The van der Waals surface area contributed by atoms with Gasteiger partial charge in [0, 0.05) is 12.8 Å². The van der Waals surface area contributed by atoms with Gasteiger partial charge in [-0.05, 0) is 117 Å². The van der Waals surface area contributed by atoms with Crippen molar-refractivity contribution in [2.75, 3.05) is 0 Å². The number of benzene rings is 1. The average molecular weight is 453 g/mol. The van der Waals surface area contributed by atoms with E-state index in [2.05, 4.69) is 24.3 Å². The van der Waals surface area contributed by atoms with E-state index in [-0.39, 0.29) is 0 Å². The molecular formula is C30H44O3. The molecule has 3 aliphatic rings. The monoisotopic (exact) mass is 452 g/mol. The lowest BCUT2D eigenvalue weighted by Gasteiger charge is -2.31. The fraction of sp³-hybridized carbons (Fsp3) is 0.600. The largest absolute Gasteiger partial charge is 0.508 e. The first-order valence-electron chi connectivity index (χ1n) is 13.0. The molecule has 0 heterocycles. The van der Waals surface area contributed by atoms with E-state index < -0.39 is 0 Å². The highest BCUT2D eigenvalue weighted by Crippen LogP contribution is 2.40. The zero-order chi connectivity index (χ0) is 24.2. The number of aromatic hydroxyl groups is 1. The van der Waals surface area contributed by atoms with Crippen molar-refractivity contribution in [3.05, 3.63) is 53.1 Å². The number of Topliss-reactive ketones (excluding diaryl/α,β-unsaturated/α-hetero) is 1. The van der Waals surface area contributed by atoms with Gasteiger partial charge in [0.1, 0.15) is 18.3 Å². The molecule has 0 bridgehead atoms. The van der Waals surface area contributed by atoms with E-state index in [9.17, 15) is 9.90 Å². The topological polar surface area (TPSA) is 54.4 Å². The molecule has 0 amide bonds. The number of rotatable bonds is 7. The number of carbonyl (C=O) groups excluding carboxylic acids is 2. The number of ketones is 1. The smallest absolute Gasteiger partial charge is 0.133 e. The van der Waals surface area contributed by atoms with Crippen LogP contribution < -0.4 is 0 Å². The third kappa shape index (κ3) is 8.61. The molecule has 3 aliphatic carbocycles. The predicted octanol–water partition coefficient (Wildman–Crippen LogP) is 7.86. The summed E-state index contributed by atoms with van der Waals surface area (Å²) in [7, 11) is 0. The summed E-state index contributed by atoms with van der Waals surface area (Å²) < 4.78 is 0. The molecule has 0 unspecified atom stereocenters. The van der Waals surface area contributed by atoms with Crippen molar-refractivity contribution in [3.8, 4) is 5.75 Å². The number of hydrogen-bond acceptors (Lipinski definition) is 3. The zero-order valence-corrected chi connectivity index (χ0v) is 21.0. The summed E-state index contributed by atoms with van der Waals surface area (Å²) in [6, 6.07) is 5.96. The van der Waals surface area contributed by atoms with Gasteiger partial charge in [-0.1, -0.05) is 38.1 Å². The summed E-state index contributed by atoms with van der Waals surface area (Å²) in [4.78, 5) is 20.7. The highest BCUT2D eigenvalue weighted by atomic mass is 16.3. The van der Waals surface area contributed by atoms with E-state index in [1.165, 1.54) is 43.2 Å². The van der Waals surface area contributed by atoms with E-state index >= 15 is 0 Å². The maximum Gasteiger partial charge on any atom is 0.133 e. The van der Waals surface area contributed by atoms with E-state index in [0.29, 0.717) is 29.3 Å². The number of phenolic OH excluding ortho intramolecular Hbond substituents is 1. The summed E-state index contributed by atoms with van der Waals surface area (Å²) in [5, 5.41) is 9.88. The molecule has 4 rings (SSSR count). The van der Waals surface area contributed by atoms with Crippen LogP contribution in [0, 0.1) is 24.7 Å². The number of aryl methyl sites for hydroxylation is 1. The Kier molecular flexibility index (Phi) is 11.6. The Balaban J connectivity index is 0.000000914. The number of carbonyl (C=O) groups is 2. The molecule has 182 valence electrons. The van der Waals surface area contributed by atoms with Crippen LogP contribution in [0.1, 0.15) is 102 Å². The van der Waals surface area contributed by atoms with Crippen molar-refractivity contribution < 1.29 is 14.7 Å². The van der Waals surface area contributed by atoms with Gasteiger partial charge in [0.15, 0.2) is 0 Å². The zero-order valence-electron chi connectivity index (χ0n) is 21.0. The second kappa shape index (κ2) is 14.2. The normalized spacial score (nSPS) is 26.0. The molecule has 0 radical (unpaired) electrons. The summed E-state index contributed by atoms with van der Waals surface area (Å²) in [6.07, 6.45) is 19.2. The fourth-order valence-corrected chi connectivity index (χ4v) is 5.80. The quantitative estimate of drug-likeness (QED) is 0.458. The molecule has 0 aromatic heterocycles. The predicted molar refractivity (Wildman–Crippen MR) is 138 cm³/mol. The SMILES string of the molecule is C=O.CC.Cc1cc(O)cc(C2CCC(CC(=O)CC3CCC(CC4=CC=C4)CC3)CC2)c1. The molecule has 0 saturated heterocycles. The van der Waals surface area contributed by atoms with Gasteiger partial charge in [-0.15, -0.1) is 0 Å². The van der Waals surface area contributed by atoms with Crippen LogP contribution in [0.5, 0.6) is 5.75 Å². The summed E-state index contributed by atoms with van der Waals surface area (Å²) in [5.74, 6) is 3.49. The summed E-state index contributed by atoms with van der Waals surface area (Å²) in [5.41, 5.74) is 3.92. The van der Waals surface area contributed by atoms with E-state index in [1.807, 2.05) is 39.7 Å². The van der Waals surface area contributed by atoms with Crippen LogP contribution in [0.25, 0.3) is 0 Å². The molecule has 3 heteroatoms. The van der Waals surface area contributed by atoms with Crippen LogP contribution in [0.15, 0.2) is 42.0 Å². The van der Waals surface area contributed by atoms with Crippen molar-refractivity contribution in [1.82, 2.24) is 0 Å². The maximum absolute atomic E-state index is 12.7. The van der Waals surface area contributed by atoms with Gasteiger partial charge in [-0.25, -0.2) is 0 Å². The number of phenols is 1. The van der Waals surface area contributed by atoms with Gasteiger partial charge in [-0.2, -0.15) is 0 Å². The molecule has 0 spiro atoms. The van der Waals surface area contributed by atoms with Gasteiger partial charge >= 0.3 is 0 Å². The molecule has 3 nitrogen and oxygen atoms in total. The van der Waals surface area contributed by atoms with Crippen molar-refractivity contribution in [2.24, 2.45) is 17.8 Å². The fourth-order valence-electron chi connectivity index (χ4n) is 5.80. The Morgan fingerprint density at radius 1 is 0.879 bits per heavy atom. The average Bonchev–Trinajstić information content (AvgIpc) is 2.80.